The van der Waals surface area contributed by atoms with Gasteiger partial charge in [0.2, 0.25) is 0 Å². The van der Waals surface area contributed by atoms with Gasteiger partial charge in [-0.25, -0.2) is 8.78 Å². The maximum absolute atomic E-state index is 13.5. The van der Waals surface area contributed by atoms with Gasteiger partial charge in [-0.1, -0.05) is 6.92 Å². The van der Waals surface area contributed by atoms with Crippen molar-refractivity contribution in [3.63, 3.8) is 0 Å². The number of hydrogen-bond acceptors (Lipinski definition) is 3. The molecule has 0 heterocycles. The van der Waals surface area contributed by atoms with E-state index in [1.807, 2.05) is 6.92 Å². The second kappa shape index (κ2) is 7.19. The van der Waals surface area contributed by atoms with E-state index in [1.165, 1.54) is 19.2 Å². The van der Waals surface area contributed by atoms with E-state index in [1.54, 1.807) is 0 Å². The Morgan fingerprint density at radius 3 is 2.41 bits per heavy atom. The van der Waals surface area contributed by atoms with Gasteiger partial charge in [0.1, 0.15) is 0 Å². The summed E-state index contributed by atoms with van der Waals surface area (Å²) in [5.41, 5.74) is 0.554. The first-order valence-corrected chi connectivity index (χ1v) is 5.49. The zero-order valence-electron chi connectivity index (χ0n) is 10.1. The molecule has 0 saturated carbocycles. The van der Waals surface area contributed by atoms with Crippen LogP contribution in [0.1, 0.15) is 18.9 Å². The number of halogens is 2. The average molecular weight is 245 g/mol. The highest BCUT2D eigenvalue weighted by Crippen LogP contribution is 2.23. The summed E-state index contributed by atoms with van der Waals surface area (Å²) >= 11 is 0. The first-order valence-electron chi connectivity index (χ1n) is 5.49. The van der Waals surface area contributed by atoms with Crippen LogP contribution in [0.25, 0.3) is 0 Å². The molecule has 5 heteroatoms. The Labute approximate surface area is 99.7 Å². The van der Waals surface area contributed by atoms with Crippen molar-refractivity contribution in [2.24, 2.45) is 0 Å². The van der Waals surface area contributed by atoms with Crippen LogP contribution in [-0.4, -0.2) is 20.4 Å². The lowest BCUT2D eigenvalue weighted by molar-refractivity contribution is 0.0452. The third-order valence-corrected chi connectivity index (χ3v) is 2.14. The Kier molecular flexibility index (Phi) is 5.86. The SMILES string of the molecule is CCCNCc1cc(F)c(OCOC)c(F)c1. The molecular formula is C12H17F2NO2. The molecule has 0 atom stereocenters. The van der Waals surface area contributed by atoms with E-state index in [0.29, 0.717) is 12.1 Å². The molecule has 0 spiro atoms. The number of rotatable bonds is 7. The van der Waals surface area contributed by atoms with E-state index in [4.69, 9.17) is 4.74 Å². The lowest BCUT2D eigenvalue weighted by atomic mass is 10.2. The number of nitrogens with one attached hydrogen (secondary N) is 1. The molecule has 0 aliphatic rings. The summed E-state index contributed by atoms with van der Waals surface area (Å²) in [5.74, 6) is -1.82. The van der Waals surface area contributed by atoms with Crippen LogP contribution in [0.3, 0.4) is 0 Å². The Balaban J connectivity index is 2.71. The molecule has 0 radical (unpaired) electrons. The first kappa shape index (κ1) is 13.9. The molecule has 0 bridgehead atoms. The molecule has 0 aliphatic carbocycles. The molecule has 3 nitrogen and oxygen atoms in total. The van der Waals surface area contributed by atoms with Crippen molar-refractivity contribution in [3.05, 3.63) is 29.3 Å². The summed E-state index contributed by atoms with van der Waals surface area (Å²) in [6.45, 7) is 3.09. The first-order chi connectivity index (χ1) is 8.19. The van der Waals surface area contributed by atoms with Gasteiger partial charge in [-0.05, 0) is 30.7 Å². The summed E-state index contributed by atoms with van der Waals surface area (Å²) in [6, 6.07) is 2.52. The summed E-state index contributed by atoms with van der Waals surface area (Å²) in [7, 11) is 1.39. The normalized spacial score (nSPS) is 10.6. The van der Waals surface area contributed by atoms with Gasteiger partial charge >= 0.3 is 0 Å². The van der Waals surface area contributed by atoms with Crippen LogP contribution in [-0.2, 0) is 11.3 Å². The number of ether oxygens (including phenoxy) is 2. The maximum atomic E-state index is 13.5. The predicted octanol–water partition coefficient (Wildman–Crippen LogP) is 2.45. The predicted molar refractivity (Wildman–Crippen MR) is 60.9 cm³/mol. The van der Waals surface area contributed by atoms with Gasteiger partial charge in [-0.15, -0.1) is 0 Å². The van der Waals surface area contributed by atoms with E-state index in [0.717, 1.165) is 13.0 Å². The van der Waals surface area contributed by atoms with Crippen LogP contribution in [0.2, 0.25) is 0 Å². The minimum absolute atomic E-state index is 0.179. The Hall–Kier alpha value is -1.20. The largest absolute Gasteiger partial charge is 0.461 e. The third kappa shape index (κ3) is 4.28. The fraction of sp³-hybridized carbons (Fsp3) is 0.500. The summed E-state index contributed by atoms with van der Waals surface area (Å²) in [6.07, 6.45) is 0.972. The molecule has 0 unspecified atom stereocenters. The molecule has 1 aromatic rings. The molecule has 0 aliphatic heterocycles. The van der Waals surface area contributed by atoms with Crippen molar-refractivity contribution >= 4 is 0 Å². The van der Waals surface area contributed by atoms with E-state index in [9.17, 15) is 8.78 Å². The minimum Gasteiger partial charge on any atom is -0.461 e. The zero-order valence-corrected chi connectivity index (χ0v) is 10.1. The lowest BCUT2D eigenvalue weighted by Crippen LogP contribution is -2.14. The summed E-state index contributed by atoms with van der Waals surface area (Å²) in [4.78, 5) is 0. The molecule has 0 amide bonds. The quantitative estimate of drug-likeness (QED) is 0.591. The van der Waals surface area contributed by atoms with Crippen molar-refractivity contribution in [1.82, 2.24) is 5.32 Å². The van der Waals surface area contributed by atoms with Crippen LogP contribution in [0, 0.1) is 11.6 Å². The second-order valence-electron chi connectivity index (χ2n) is 3.62. The highest BCUT2D eigenvalue weighted by Gasteiger charge is 2.12. The van der Waals surface area contributed by atoms with Crippen LogP contribution >= 0.6 is 0 Å². The van der Waals surface area contributed by atoms with Crippen LogP contribution < -0.4 is 10.1 Å². The lowest BCUT2D eigenvalue weighted by Gasteiger charge is -2.09. The van der Waals surface area contributed by atoms with Gasteiger partial charge in [0.05, 0.1) is 0 Å². The molecule has 0 saturated heterocycles. The highest BCUT2D eigenvalue weighted by molar-refractivity contribution is 5.31. The van der Waals surface area contributed by atoms with Crippen molar-refractivity contribution in [2.45, 2.75) is 19.9 Å². The smallest absolute Gasteiger partial charge is 0.193 e. The molecule has 1 aromatic carbocycles. The number of hydrogen-bond donors (Lipinski definition) is 1. The van der Waals surface area contributed by atoms with Gasteiger partial charge in [-0.3, -0.25) is 0 Å². The molecule has 1 rings (SSSR count). The van der Waals surface area contributed by atoms with Gasteiger partial charge in [0, 0.05) is 13.7 Å². The number of methoxy groups -OCH3 is 1. The minimum atomic E-state index is -0.713. The third-order valence-electron chi connectivity index (χ3n) is 2.14. The van der Waals surface area contributed by atoms with Gasteiger partial charge in [0.15, 0.2) is 24.2 Å². The summed E-state index contributed by atoms with van der Waals surface area (Å²) in [5, 5.41) is 3.07. The highest BCUT2D eigenvalue weighted by atomic mass is 19.1. The molecule has 0 aromatic heterocycles. The van der Waals surface area contributed by atoms with Crippen LogP contribution in [0.5, 0.6) is 5.75 Å². The fourth-order valence-corrected chi connectivity index (χ4v) is 1.38. The van der Waals surface area contributed by atoms with Crippen molar-refractivity contribution < 1.29 is 18.3 Å². The molecule has 1 N–H and O–H groups in total. The van der Waals surface area contributed by atoms with Crippen molar-refractivity contribution in [2.75, 3.05) is 20.4 Å². The van der Waals surface area contributed by atoms with Gasteiger partial charge < -0.3 is 14.8 Å². The van der Waals surface area contributed by atoms with Crippen LogP contribution in [0.15, 0.2) is 12.1 Å². The van der Waals surface area contributed by atoms with E-state index >= 15 is 0 Å². The average Bonchev–Trinajstić information content (AvgIpc) is 2.28. The van der Waals surface area contributed by atoms with Gasteiger partial charge in [-0.2, -0.15) is 0 Å². The Bertz CT molecular complexity index is 335. The molecule has 96 valence electrons. The van der Waals surface area contributed by atoms with E-state index in [2.05, 4.69) is 10.1 Å². The number of benzene rings is 1. The maximum Gasteiger partial charge on any atom is 0.193 e. The summed E-state index contributed by atoms with van der Waals surface area (Å²) < 4.78 is 36.4. The molecular weight excluding hydrogens is 228 g/mol. The zero-order chi connectivity index (χ0) is 12.7. The standard InChI is InChI=1S/C12H17F2NO2/c1-3-4-15-7-9-5-10(13)12(11(14)6-9)17-8-16-2/h5-6,15H,3-4,7-8H2,1-2H3. The van der Waals surface area contributed by atoms with Crippen molar-refractivity contribution in [1.29, 1.82) is 0 Å². The van der Waals surface area contributed by atoms with E-state index < -0.39 is 17.4 Å². The van der Waals surface area contributed by atoms with Gasteiger partial charge in [0.25, 0.3) is 0 Å². The van der Waals surface area contributed by atoms with Crippen molar-refractivity contribution in [3.8, 4) is 5.75 Å². The topological polar surface area (TPSA) is 30.5 Å². The Morgan fingerprint density at radius 1 is 1.24 bits per heavy atom. The Morgan fingerprint density at radius 2 is 1.88 bits per heavy atom. The monoisotopic (exact) mass is 245 g/mol. The van der Waals surface area contributed by atoms with Crippen LogP contribution in [0.4, 0.5) is 8.78 Å². The second-order valence-corrected chi connectivity index (χ2v) is 3.62. The molecule has 0 fully saturated rings. The fourth-order valence-electron chi connectivity index (χ4n) is 1.38. The molecule has 17 heavy (non-hydrogen) atoms. The van der Waals surface area contributed by atoms with E-state index in [-0.39, 0.29) is 6.79 Å².